The van der Waals surface area contributed by atoms with Crippen molar-refractivity contribution in [1.82, 2.24) is 20.4 Å². The maximum absolute atomic E-state index is 12.6. The molecule has 0 aliphatic rings. The number of rotatable bonds is 8. The maximum Gasteiger partial charge on any atom is 0.328 e. The zero-order chi connectivity index (χ0) is 20.7. The van der Waals surface area contributed by atoms with Crippen molar-refractivity contribution in [3.8, 4) is 5.69 Å². The number of aromatic nitrogens is 2. The number of H-pyrrole nitrogens is 1. The largest absolute Gasteiger partial charge is 0.467 e. The van der Waals surface area contributed by atoms with E-state index in [9.17, 15) is 14.4 Å². The first kappa shape index (κ1) is 20.7. The molecule has 0 aliphatic heterocycles. The van der Waals surface area contributed by atoms with Crippen LogP contribution in [-0.4, -0.2) is 47.3 Å². The number of methoxy groups -OCH3 is 1. The Labute approximate surface area is 161 Å². The van der Waals surface area contributed by atoms with Gasteiger partial charge < -0.3 is 21.1 Å². The van der Waals surface area contributed by atoms with Gasteiger partial charge in [0.1, 0.15) is 6.04 Å². The molecule has 1 aromatic carbocycles. The number of hydrogen-bond donors (Lipinski definition) is 5. The minimum atomic E-state index is -0.842. The Hall–Kier alpha value is -3.56. The lowest BCUT2D eigenvalue weighted by Crippen LogP contribution is -2.42. The molecule has 2 rings (SSSR count). The number of carbonyl (C=O) groups is 2. The molecule has 0 fully saturated rings. The summed E-state index contributed by atoms with van der Waals surface area (Å²) in [6.07, 6.45) is 0.810. The van der Waals surface area contributed by atoms with Crippen LogP contribution in [-0.2, 0) is 9.53 Å². The number of nitrogens with two attached hydrogens (primary N) is 1. The molecule has 2 aromatic rings. The van der Waals surface area contributed by atoms with Crippen LogP contribution in [0.15, 0.2) is 35.1 Å². The molecule has 10 heteroatoms. The second kappa shape index (κ2) is 9.40. The summed E-state index contributed by atoms with van der Waals surface area (Å²) in [5.74, 6) is -1.19. The highest BCUT2D eigenvalue weighted by Gasteiger charge is 2.22. The number of aromatic amines is 1. The number of nitrogens with one attached hydrogen (secondary N) is 4. The van der Waals surface area contributed by atoms with Crippen LogP contribution in [0.5, 0.6) is 0 Å². The van der Waals surface area contributed by atoms with Gasteiger partial charge in [-0.15, -0.1) is 0 Å². The topological polar surface area (TPSA) is 155 Å². The van der Waals surface area contributed by atoms with Gasteiger partial charge in [-0.1, -0.05) is 6.07 Å². The fourth-order valence-corrected chi connectivity index (χ4v) is 2.65. The first-order chi connectivity index (χ1) is 13.3. The lowest BCUT2D eigenvalue weighted by Gasteiger charge is -2.17. The molecule has 1 amide bonds. The molecule has 1 unspecified atom stereocenters. The monoisotopic (exact) mass is 388 g/mol. The van der Waals surface area contributed by atoms with Gasteiger partial charge in [-0.25, -0.2) is 9.48 Å². The van der Waals surface area contributed by atoms with Crippen LogP contribution in [0, 0.1) is 12.3 Å². The maximum atomic E-state index is 12.6. The van der Waals surface area contributed by atoms with Gasteiger partial charge in [0.15, 0.2) is 5.96 Å². The number of aryl methyl sites for hydroxylation is 1. The number of ether oxygens (including phenoxy) is 1. The first-order valence-corrected chi connectivity index (χ1v) is 8.67. The molecule has 150 valence electrons. The van der Waals surface area contributed by atoms with Crippen molar-refractivity contribution >= 4 is 17.8 Å². The standard InChI is InChI=1S/C18H24N6O4/c1-11-9-15(25)24(23-11)13-6-3-5-12(10-13)16(26)22-14(17(27)28-2)7-4-8-21-18(19)20/h3,5-6,9-10,14,23H,4,7-8H2,1-2H3,(H,22,26)(H4,19,20,21). The van der Waals surface area contributed by atoms with Gasteiger partial charge in [0, 0.05) is 23.9 Å². The van der Waals surface area contributed by atoms with Crippen molar-refractivity contribution in [3.05, 3.63) is 51.9 Å². The Kier molecular flexibility index (Phi) is 6.96. The zero-order valence-corrected chi connectivity index (χ0v) is 15.7. The molecule has 0 aliphatic carbocycles. The van der Waals surface area contributed by atoms with Gasteiger partial charge in [-0.2, -0.15) is 0 Å². The third-order valence-corrected chi connectivity index (χ3v) is 3.99. The minimum Gasteiger partial charge on any atom is -0.467 e. The van der Waals surface area contributed by atoms with E-state index < -0.39 is 17.9 Å². The Balaban J connectivity index is 2.11. The van der Waals surface area contributed by atoms with Crippen LogP contribution in [0.1, 0.15) is 28.9 Å². The molecule has 28 heavy (non-hydrogen) atoms. The summed E-state index contributed by atoms with van der Waals surface area (Å²) in [6, 6.07) is 7.10. The summed E-state index contributed by atoms with van der Waals surface area (Å²) >= 11 is 0. The highest BCUT2D eigenvalue weighted by Crippen LogP contribution is 2.10. The molecular formula is C18H24N6O4. The third-order valence-electron chi connectivity index (χ3n) is 3.99. The van der Waals surface area contributed by atoms with Crippen LogP contribution in [0.4, 0.5) is 0 Å². The molecule has 10 nitrogen and oxygen atoms in total. The lowest BCUT2D eigenvalue weighted by molar-refractivity contribution is -0.143. The SMILES string of the molecule is COC(=O)C(CCCNC(=N)N)NC(=O)c1cccc(-n2[nH]c(C)cc2=O)c1. The number of amides is 1. The Morgan fingerprint density at radius 3 is 2.71 bits per heavy atom. The zero-order valence-electron chi connectivity index (χ0n) is 15.7. The summed E-state index contributed by atoms with van der Waals surface area (Å²) in [5.41, 5.74) is 6.48. The van der Waals surface area contributed by atoms with Gasteiger partial charge in [0.05, 0.1) is 12.8 Å². The van der Waals surface area contributed by atoms with Crippen LogP contribution in [0.3, 0.4) is 0 Å². The molecule has 0 saturated heterocycles. The van der Waals surface area contributed by atoms with Gasteiger partial charge in [-0.3, -0.25) is 20.1 Å². The van der Waals surface area contributed by atoms with Crippen LogP contribution >= 0.6 is 0 Å². The number of benzene rings is 1. The average molecular weight is 388 g/mol. The van der Waals surface area contributed by atoms with E-state index in [0.29, 0.717) is 36.3 Å². The van der Waals surface area contributed by atoms with E-state index in [4.69, 9.17) is 15.9 Å². The summed E-state index contributed by atoms with van der Waals surface area (Å²) in [4.78, 5) is 36.5. The van der Waals surface area contributed by atoms with Crippen molar-refractivity contribution in [2.24, 2.45) is 5.73 Å². The summed E-state index contributed by atoms with van der Waals surface area (Å²) in [7, 11) is 1.25. The third kappa shape index (κ3) is 5.47. The van der Waals surface area contributed by atoms with Crippen LogP contribution in [0.25, 0.3) is 5.69 Å². The average Bonchev–Trinajstić information content (AvgIpc) is 3.01. The molecule has 0 bridgehead atoms. The fraction of sp³-hybridized carbons (Fsp3) is 0.333. The molecular weight excluding hydrogens is 364 g/mol. The quantitative estimate of drug-likeness (QED) is 0.186. The lowest BCUT2D eigenvalue weighted by atomic mass is 10.1. The number of esters is 1. The number of hydrogen-bond acceptors (Lipinski definition) is 5. The first-order valence-electron chi connectivity index (χ1n) is 8.67. The summed E-state index contributed by atoms with van der Waals surface area (Å²) in [6.45, 7) is 2.15. The fourth-order valence-electron chi connectivity index (χ4n) is 2.65. The predicted molar refractivity (Wildman–Crippen MR) is 104 cm³/mol. The van der Waals surface area contributed by atoms with E-state index in [-0.39, 0.29) is 11.5 Å². The molecule has 0 spiro atoms. The normalized spacial score (nSPS) is 11.5. The van der Waals surface area contributed by atoms with Gasteiger partial charge in [0.2, 0.25) is 0 Å². The highest BCUT2D eigenvalue weighted by atomic mass is 16.5. The number of guanidine groups is 1. The Bertz CT molecular complexity index is 917. The minimum absolute atomic E-state index is 0.162. The van der Waals surface area contributed by atoms with E-state index in [1.165, 1.54) is 17.9 Å². The Morgan fingerprint density at radius 2 is 2.11 bits per heavy atom. The van der Waals surface area contributed by atoms with Crippen LogP contribution < -0.4 is 21.9 Å². The number of nitrogens with zero attached hydrogens (tertiary/aromatic N) is 1. The molecule has 0 saturated carbocycles. The number of carbonyl (C=O) groups excluding carboxylic acids is 2. The van der Waals surface area contributed by atoms with E-state index in [0.717, 1.165) is 0 Å². The van der Waals surface area contributed by atoms with E-state index in [2.05, 4.69) is 15.7 Å². The summed E-state index contributed by atoms with van der Waals surface area (Å²) < 4.78 is 6.08. The molecule has 1 atom stereocenters. The van der Waals surface area contributed by atoms with Gasteiger partial charge in [0.25, 0.3) is 11.5 Å². The Morgan fingerprint density at radius 1 is 1.36 bits per heavy atom. The summed E-state index contributed by atoms with van der Waals surface area (Å²) in [5, 5.41) is 15.3. The smallest absolute Gasteiger partial charge is 0.328 e. The van der Waals surface area contributed by atoms with E-state index >= 15 is 0 Å². The molecule has 1 aromatic heterocycles. The van der Waals surface area contributed by atoms with Gasteiger partial charge >= 0.3 is 5.97 Å². The van der Waals surface area contributed by atoms with E-state index in [1.54, 1.807) is 31.2 Å². The molecule has 0 radical (unpaired) electrons. The predicted octanol–water partition coefficient (Wildman–Crippen LogP) is 0.00869. The van der Waals surface area contributed by atoms with Crippen molar-refractivity contribution in [2.45, 2.75) is 25.8 Å². The molecule has 6 N–H and O–H groups in total. The van der Waals surface area contributed by atoms with Crippen molar-refractivity contribution in [1.29, 1.82) is 5.41 Å². The van der Waals surface area contributed by atoms with E-state index in [1.807, 2.05) is 0 Å². The van der Waals surface area contributed by atoms with Crippen molar-refractivity contribution in [2.75, 3.05) is 13.7 Å². The second-order valence-electron chi connectivity index (χ2n) is 6.20. The second-order valence-corrected chi connectivity index (χ2v) is 6.20. The molecule has 1 heterocycles. The van der Waals surface area contributed by atoms with Crippen molar-refractivity contribution < 1.29 is 14.3 Å². The van der Waals surface area contributed by atoms with Crippen LogP contribution in [0.2, 0.25) is 0 Å². The highest BCUT2D eigenvalue weighted by molar-refractivity contribution is 5.97. The van der Waals surface area contributed by atoms with Crippen molar-refractivity contribution in [3.63, 3.8) is 0 Å². The van der Waals surface area contributed by atoms with Gasteiger partial charge in [-0.05, 0) is 38.0 Å².